The van der Waals surface area contributed by atoms with Crippen LogP contribution in [-0.2, 0) is 13.6 Å². The van der Waals surface area contributed by atoms with Gasteiger partial charge in [0.05, 0.1) is 18.9 Å². The Morgan fingerprint density at radius 3 is 2.43 bits per heavy atom. The van der Waals surface area contributed by atoms with Crippen molar-refractivity contribution < 1.29 is 13.6 Å². The molecule has 1 unspecified atom stereocenters. The second kappa shape index (κ2) is 5.86. The van der Waals surface area contributed by atoms with E-state index >= 15 is 0 Å². The molecule has 1 N–H and O–H groups in total. The lowest BCUT2D eigenvalue weighted by molar-refractivity contribution is 0.207. The first-order valence-electron chi connectivity index (χ1n) is 5.32. The highest BCUT2D eigenvalue weighted by Crippen LogP contribution is 2.54. The maximum atomic E-state index is 12.3. The zero-order valence-corrected chi connectivity index (χ0v) is 9.89. The second-order valence-corrected chi connectivity index (χ2v) is 5.70. The minimum atomic E-state index is -2.86. The maximum Gasteiger partial charge on any atom is 0.334 e. The van der Waals surface area contributed by atoms with Crippen LogP contribution in [0, 0.1) is 0 Å². The summed E-state index contributed by atoms with van der Waals surface area (Å²) in [4.78, 5) is 0. The van der Waals surface area contributed by atoms with E-state index in [0.29, 0.717) is 13.2 Å². The highest BCUT2D eigenvalue weighted by atomic mass is 31.2. The van der Waals surface area contributed by atoms with Gasteiger partial charge in [0, 0.05) is 6.54 Å². The van der Waals surface area contributed by atoms with Gasteiger partial charge in [-0.15, -0.1) is 0 Å². The molecule has 0 aromatic rings. The first-order chi connectivity index (χ1) is 6.73. The van der Waals surface area contributed by atoms with E-state index in [1.165, 1.54) is 0 Å². The van der Waals surface area contributed by atoms with Gasteiger partial charge in [0.2, 0.25) is 0 Å². The number of hydrogen-bond acceptors (Lipinski definition) is 4. The summed E-state index contributed by atoms with van der Waals surface area (Å²) >= 11 is 0. The molecule has 1 heterocycles. The molecule has 0 bridgehead atoms. The van der Waals surface area contributed by atoms with Gasteiger partial charge in [-0.3, -0.25) is 4.57 Å². The van der Waals surface area contributed by atoms with Crippen molar-refractivity contribution in [2.75, 3.05) is 26.3 Å². The van der Waals surface area contributed by atoms with Crippen LogP contribution in [0.25, 0.3) is 0 Å². The molecule has 0 aromatic carbocycles. The van der Waals surface area contributed by atoms with Crippen molar-refractivity contribution in [3.63, 3.8) is 0 Å². The summed E-state index contributed by atoms with van der Waals surface area (Å²) < 4.78 is 22.9. The van der Waals surface area contributed by atoms with Crippen LogP contribution in [0.3, 0.4) is 0 Å². The standard InChI is InChI=1S/C9H20NO3P/c1-3-12-14(11,13-4-2)9-6-5-7-10-8-9/h9-10H,3-8H2,1-2H3. The van der Waals surface area contributed by atoms with Gasteiger partial charge in [-0.05, 0) is 33.2 Å². The van der Waals surface area contributed by atoms with Crippen molar-refractivity contribution in [3.8, 4) is 0 Å². The summed E-state index contributed by atoms with van der Waals surface area (Å²) in [6.07, 6.45) is 1.99. The number of rotatable bonds is 5. The molecular weight excluding hydrogens is 201 g/mol. The van der Waals surface area contributed by atoms with E-state index in [0.717, 1.165) is 25.9 Å². The van der Waals surface area contributed by atoms with E-state index in [4.69, 9.17) is 9.05 Å². The van der Waals surface area contributed by atoms with Gasteiger partial charge < -0.3 is 14.4 Å². The summed E-state index contributed by atoms with van der Waals surface area (Å²) in [7, 11) is -2.86. The summed E-state index contributed by atoms with van der Waals surface area (Å²) in [5, 5.41) is 3.23. The monoisotopic (exact) mass is 221 g/mol. The average molecular weight is 221 g/mol. The predicted octanol–water partition coefficient (Wildman–Crippen LogP) is 2.00. The first kappa shape index (κ1) is 12.2. The Morgan fingerprint density at radius 2 is 2.00 bits per heavy atom. The minimum absolute atomic E-state index is 0.0381. The third-order valence-electron chi connectivity index (χ3n) is 2.34. The highest BCUT2D eigenvalue weighted by Gasteiger charge is 2.35. The van der Waals surface area contributed by atoms with Gasteiger partial charge in [0.15, 0.2) is 0 Å². The lowest BCUT2D eigenvalue weighted by atomic mass is 10.2. The van der Waals surface area contributed by atoms with Crippen LogP contribution in [0.2, 0.25) is 0 Å². The fraction of sp³-hybridized carbons (Fsp3) is 1.00. The summed E-state index contributed by atoms with van der Waals surface area (Å²) in [6, 6.07) is 0. The van der Waals surface area contributed by atoms with Crippen molar-refractivity contribution in [2.45, 2.75) is 32.3 Å². The van der Waals surface area contributed by atoms with Gasteiger partial charge in [-0.1, -0.05) is 0 Å². The molecule has 0 aliphatic carbocycles. The Labute approximate surface area is 85.9 Å². The van der Waals surface area contributed by atoms with Gasteiger partial charge in [-0.2, -0.15) is 0 Å². The van der Waals surface area contributed by atoms with Crippen LogP contribution in [-0.4, -0.2) is 32.0 Å². The fourth-order valence-corrected chi connectivity index (χ4v) is 3.78. The number of nitrogens with one attached hydrogen (secondary N) is 1. The van der Waals surface area contributed by atoms with Gasteiger partial charge in [0.1, 0.15) is 0 Å². The van der Waals surface area contributed by atoms with Gasteiger partial charge in [0.25, 0.3) is 0 Å². The fourth-order valence-electron chi connectivity index (χ4n) is 1.71. The predicted molar refractivity (Wildman–Crippen MR) is 56.8 cm³/mol. The third-order valence-corrected chi connectivity index (χ3v) is 4.91. The van der Waals surface area contributed by atoms with E-state index in [-0.39, 0.29) is 5.66 Å². The molecule has 1 fully saturated rings. The molecule has 0 amide bonds. The van der Waals surface area contributed by atoms with Crippen LogP contribution >= 0.6 is 7.60 Å². The number of hydrogen-bond donors (Lipinski definition) is 1. The molecule has 1 aliphatic rings. The van der Waals surface area contributed by atoms with Crippen LogP contribution < -0.4 is 5.32 Å². The molecular formula is C9H20NO3P. The maximum absolute atomic E-state index is 12.3. The molecule has 0 saturated carbocycles. The summed E-state index contributed by atoms with van der Waals surface area (Å²) in [6.45, 7) is 6.36. The van der Waals surface area contributed by atoms with Crippen molar-refractivity contribution in [3.05, 3.63) is 0 Å². The smallest absolute Gasteiger partial charge is 0.316 e. The molecule has 0 radical (unpaired) electrons. The van der Waals surface area contributed by atoms with E-state index in [1.54, 1.807) is 0 Å². The topological polar surface area (TPSA) is 47.6 Å². The zero-order chi connectivity index (χ0) is 10.4. The van der Waals surface area contributed by atoms with Crippen molar-refractivity contribution in [1.29, 1.82) is 0 Å². The molecule has 0 aromatic heterocycles. The Hall–Kier alpha value is 0.110. The lowest BCUT2D eigenvalue weighted by Gasteiger charge is -2.29. The molecule has 5 heteroatoms. The Kier molecular flexibility index (Phi) is 5.10. The van der Waals surface area contributed by atoms with E-state index in [9.17, 15) is 4.57 Å². The van der Waals surface area contributed by atoms with Crippen LogP contribution in [0.5, 0.6) is 0 Å². The van der Waals surface area contributed by atoms with Crippen LogP contribution in [0.1, 0.15) is 26.7 Å². The van der Waals surface area contributed by atoms with Crippen molar-refractivity contribution in [1.82, 2.24) is 5.32 Å². The minimum Gasteiger partial charge on any atom is -0.316 e. The zero-order valence-electron chi connectivity index (χ0n) is 8.99. The normalized spacial score (nSPS) is 23.7. The van der Waals surface area contributed by atoms with E-state index in [2.05, 4.69) is 5.32 Å². The Bertz CT molecular complexity index is 194. The molecule has 1 rings (SSSR count). The molecule has 1 saturated heterocycles. The average Bonchev–Trinajstić information content (AvgIpc) is 2.20. The molecule has 4 nitrogen and oxygen atoms in total. The summed E-state index contributed by atoms with van der Waals surface area (Å²) in [5.74, 6) is 0. The summed E-state index contributed by atoms with van der Waals surface area (Å²) in [5.41, 5.74) is 0.0381. The van der Waals surface area contributed by atoms with E-state index in [1.807, 2.05) is 13.8 Å². The number of piperidine rings is 1. The van der Waals surface area contributed by atoms with Crippen LogP contribution in [0.15, 0.2) is 0 Å². The quantitative estimate of drug-likeness (QED) is 0.721. The van der Waals surface area contributed by atoms with Crippen molar-refractivity contribution >= 4 is 7.60 Å². The molecule has 1 aliphatic heterocycles. The lowest BCUT2D eigenvalue weighted by Crippen LogP contribution is -2.34. The molecule has 14 heavy (non-hydrogen) atoms. The van der Waals surface area contributed by atoms with Crippen LogP contribution in [0.4, 0.5) is 0 Å². The van der Waals surface area contributed by atoms with Gasteiger partial charge in [-0.25, -0.2) is 0 Å². The highest BCUT2D eigenvalue weighted by molar-refractivity contribution is 7.54. The third kappa shape index (κ3) is 3.06. The largest absolute Gasteiger partial charge is 0.334 e. The Balaban J connectivity index is 2.59. The second-order valence-electron chi connectivity index (χ2n) is 3.38. The van der Waals surface area contributed by atoms with Gasteiger partial charge >= 0.3 is 7.60 Å². The first-order valence-corrected chi connectivity index (χ1v) is 6.93. The molecule has 1 atom stereocenters. The molecule has 0 spiro atoms. The van der Waals surface area contributed by atoms with Crippen molar-refractivity contribution in [2.24, 2.45) is 0 Å². The SMILES string of the molecule is CCOP(=O)(OCC)C1CCCNC1. The van der Waals surface area contributed by atoms with E-state index < -0.39 is 7.60 Å². The Morgan fingerprint density at radius 1 is 1.36 bits per heavy atom. The molecule has 84 valence electrons.